The monoisotopic (exact) mass is 1590 g/mol. The van der Waals surface area contributed by atoms with Crippen LogP contribution in [0.4, 0.5) is 14.4 Å². The SMILES string of the molecule is CC(=O)C1CCCN1C(=O)OCc1cccc2cnc([C@@H](COCc3ccccc3)NC(=O)C(C)(C)N)n12.CN(CC(N)=O)C(=O)OCc1cccc2cnc([C@@H](COCc3ccccc3)NC(=O)C(C)(C)N)n12.CN(CC(N)=O)C(=O)OCc1cccc2cnc([C@@H](COCc3ccccc3-c3ccccc3)NC(=O)C(C)(C)N)n12. The molecule has 0 radical (unpaired) electrons. The number of ether oxygens (including phenoxy) is 6. The Balaban J connectivity index is 0.000000199. The minimum Gasteiger partial charge on any atom is -0.443 e. The summed E-state index contributed by atoms with van der Waals surface area (Å²) in [5.74, 6) is -0.944. The van der Waals surface area contributed by atoms with Gasteiger partial charge in [-0.1, -0.05) is 133 Å². The third kappa shape index (κ3) is 24.5. The number of hydrogen-bond donors (Lipinski definition) is 8. The summed E-state index contributed by atoms with van der Waals surface area (Å²) in [7, 11) is 2.84. The lowest BCUT2D eigenvalue weighted by molar-refractivity contribution is -0.127. The number of hydrogen-bond acceptors (Lipinski definition) is 21. The molecule has 0 aliphatic carbocycles. The molecule has 13 N–H and O–H groups in total. The second-order valence-corrected chi connectivity index (χ2v) is 29.7. The second-order valence-electron chi connectivity index (χ2n) is 29.7. The molecule has 32 heteroatoms. The predicted octanol–water partition coefficient (Wildman–Crippen LogP) is 7.80. The van der Waals surface area contributed by atoms with Gasteiger partial charge in [-0.25, -0.2) is 29.3 Å². The molecule has 0 spiro atoms. The van der Waals surface area contributed by atoms with Gasteiger partial charge in [-0.2, -0.15) is 0 Å². The molecule has 32 nitrogen and oxygen atoms in total. The van der Waals surface area contributed by atoms with Crippen LogP contribution in [0.15, 0.2) is 188 Å². The van der Waals surface area contributed by atoms with Gasteiger partial charge in [-0.05, 0) is 126 Å². The molecule has 1 aliphatic heterocycles. The third-order valence-electron chi connectivity index (χ3n) is 18.4. The van der Waals surface area contributed by atoms with Crippen LogP contribution in [0.1, 0.15) is 131 Å². The molecule has 1 unspecified atom stereocenters. The van der Waals surface area contributed by atoms with Crippen molar-refractivity contribution in [3.8, 4) is 11.1 Å². The van der Waals surface area contributed by atoms with Gasteiger partial charge in [0.2, 0.25) is 29.5 Å². The van der Waals surface area contributed by atoms with Crippen LogP contribution in [0.2, 0.25) is 0 Å². The van der Waals surface area contributed by atoms with Crippen molar-refractivity contribution in [3.63, 3.8) is 0 Å². The first-order chi connectivity index (χ1) is 55.2. The summed E-state index contributed by atoms with van der Waals surface area (Å²) in [6.45, 7) is 12.3. The lowest BCUT2D eigenvalue weighted by atomic mass is 10.0. The molecule has 1 fully saturated rings. The lowest BCUT2D eigenvalue weighted by Gasteiger charge is -2.25. The van der Waals surface area contributed by atoms with Gasteiger partial charge in [0.25, 0.3) is 0 Å². The number of likely N-dealkylation sites (tertiary alicyclic amines) is 1. The first-order valence-corrected chi connectivity index (χ1v) is 37.6. The van der Waals surface area contributed by atoms with Gasteiger partial charge in [0.1, 0.15) is 68.5 Å². The van der Waals surface area contributed by atoms with E-state index in [0.29, 0.717) is 67.3 Å². The van der Waals surface area contributed by atoms with Gasteiger partial charge in [-0.3, -0.25) is 46.9 Å². The van der Waals surface area contributed by atoms with E-state index in [-0.39, 0.29) is 76.2 Å². The van der Waals surface area contributed by atoms with Crippen molar-refractivity contribution in [1.29, 1.82) is 0 Å². The average Bonchev–Trinajstić information content (AvgIpc) is 1.64. The molecule has 10 aromatic rings. The largest absolute Gasteiger partial charge is 0.443 e. The number of pyridine rings is 3. The number of nitrogens with one attached hydrogen (secondary N) is 3. The smallest absolute Gasteiger partial charge is 0.410 e. The molecule has 116 heavy (non-hydrogen) atoms. The summed E-state index contributed by atoms with van der Waals surface area (Å²) in [5.41, 5.74) is 34.3. The van der Waals surface area contributed by atoms with E-state index in [2.05, 4.69) is 30.9 Å². The number of nitrogens with two attached hydrogens (primary N) is 5. The fourth-order valence-corrected chi connectivity index (χ4v) is 12.4. The predicted molar refractivity (Wildman–Crippen MR) is 431 cm³/mol. The van der Waals surface area contributed by atoms with Gasteiger partial charge in [0.15, 0.2) is 5.78 Å². The number of fused-ring (bicyclic) bond motifs is 3. The molecule has 11 rings (SSSR count). The van der Waals surface area contributed by atoms with Crippen LogP contribution in [-0.4, -0.2) is 173 Å². The summed E-state index contributed by atoms with van der Waals surface area (Å²) in [6.07, 6.45) is 4.49. The van der Waals surface area contributed by atoms with E-state index in [1.807, 2.05) is 156 Å². The topological polar surface area (TPSA) is 437 Å². The van der Waals surface area contributed by atoms with Crippen molar-refractivity contribution in [2.24, 2.45) is 28.7 Å². The van der Waals surface area contributed by atoms with E-state index in [9.17, 15) is 43.2 Å². The summed E-state index contributed by atoms with van der Waals surface area (Å²) in [6, 6.07) is 51.5. The summed E-state index contributed by atoms with van der Waals surface area (Å²) >= 11 is 0. The number of likely N-dealkylation sites (N-methyl/N-ethyl adjacent to an activating group) is 2. The number of imidazole rings is 3. The molecular weight excluding hydrogens is 1490 g/mol. The van der Waals surface area contributed by atoms with Gasteiger partial charge >= 0.3 is 18.3 Å². The number of carbonyl (C=O) groups excluding carboxylic acids is 9. The highest BCUT2D eigenvalue weighted by molar-refractivity contribution is 5.88. The summed E-state index contributed by atoms with van der Waals surface area (Å²) in [4.78, 5) is 128. The van der Waals surface area contributed by atoms with Crippen LogP contribution < -0.4 is 44.6 Å². The number of nitrogens with zero attached hydrogens (tertiary/aromatic N) is 9. The molecule has 8 amide bonds. The maximum Gasteiger partial charge on any atom is 0.410 e. The third-order valence-corrected chi connectivity index (χ3v) is 18.4. The van der Waals surface area contributed by atoms with Crippen molar-refractivity contribution in [1.82, 2.24) is 58.8 Å². The maximum absolute atomic E-state index is 13.0. The zero-order chi connectivity index (χ0) is 83.9. The van der Waals surface area contributed by atoms with Crippen LogP contribution in [0.3, 0.4) is 0 Å². The first-order valence-electron chi connectivity index (χ1n) is 37.6. The highest BCUT2D eigenvalue weighted by Gasteiger charge is 2.35. The Kier molecular flexibility index (Phi) is 30.6. The first kappa shape index (κ1) is 87.5. The highest BCUT2D eigenvalue weighted by Crippen LogP contribution is 2.28. The molecular formula is C84H103N17O15. The van der Waals surface area contributed by atoms with Crippen molar-refractivity contribution < 1.29 is 71.6 Å². The Bertz CT molecular complexity index is 5020. The van der Waals surface area contributed by atoms with Crippen LogP contribution in [0.5, 0.6) is 0 Å². The van der Waals surface area contributed by atoms with Crippen molar-refractivity contribution >= 4 is 70.1 Å². The number of carbonyl (C=O) groups is 9. The number of aromatic nitrogens is 6. The lowest BCUT2D eigenvalue weighted by Crippen LogP contribution is -2.51. The van der Waals surface area contributed by atoms with Gasteiger partial charge in [0.05, 0.1) is 115 Å². The van der Waals surface area contributed by atoms with Crippen LogP contribution in [0.25, 0.3) is 27.7 Å². The quantitative estimate of drug-likeness (QED) is 0.0182. The Morgan fingerprint density at radius 2 is 0.810 bits per heavy atom. The number of Topliss-reactive ketones (excluding diaryl/α,β-unsaturated/α-hetero) is 1. The number of benzene rings is 4. The van der Waals surface area contributed by atoms with E-state index in [1.165, 1.54) is 25.9 Å². The minimum atomic E-state index is -1.14. The number of rotatable bonds is 33. The number of primary amides is 2. The molecule has 0 saturated carbocycles. The Morgan fingerprint density at radius 1 is 0.457 bits per heavy atom. The highest BCUT2D eigenvalue weighted by atomic mass is 16.6. The van der Waals surface area contributed by atoms with Gasteiger partial charge in [-0.15, -0.1) is 0 Å². The fraction of sp³-hybridized carbons (Fsp3) is 0.357. The van der Waals surface area contributed by atoms with E-state index in [4.69, 9.17) is 57.1 Å². The maximum atomic E-state index is 13.0. The van der Waals surface area contributed by atoms with E-state index < -0.39 is 70.9 Å². The fourth-order valence-electron chi connectivity index (χ4n) is 12.4. The van der Waals surface area contributed by atoms with Crippen LogP contribution in [0, 0.1) is 0 Å². The molecule has 1 saturated heterocycles. The molecule has 4 atom stereocenters. The van der Waals surface area contributed by atoms with Crippen LogP contribution >= 0.6 is 0 Å². The molecule has 1 aliphatic rings. The van der Waals surface area contributed by atoms with Crippen LogP contribution in [-0.2, 0) is 96.8 Å². The van der Waals surface area contributed by atoms with Gasteiger partial charge < -0.3 is 82.8 Å². The molecule has 614 valence electrons. The average molecular weight is 1590 g/mol. The molecule has 7 heterocycles. The molecule has 0 bridgehead atoms. The second kappa shape index (κ2) is 40.5. The normalized spacial score (nSPS) is 13.6. The standard InChI is InChI=1S/C31H36N6O5.C28H35N5O5.C25H32N6O5/c1-31(2,33)29(39)35-26(20-41-18-22-12-7-8-15-25(22)21-10-5-4-6-11-21)28-34-16-23-13-9-14-24(37(23)28)19-42-30(40)36(3)17-27(32)38;1-19(34)24-13-8-14-32(24)27(36)38-17-22-12-7-11-21-15-30-25(33(21)22)23(31-26(35)28(2,3)29)18-37-16-20-9-5-4-6-10-20;1-25(2,27)23(33)29-20(16-35-14-17-8-5-4-6-9-17)22-28-12-18-10-7-11-19(31(18)22)15-36-24(34)30(3)13-21(26)32/h4-16,26H,17-20,33H2,1-3H3,(H2,32,38)(H,35,39);4-7,9-12,15,23-24H,8,13-14,16-18,29H2,1-3H3,(H,31,35);4-12,20H,13-16,27H2,1-3H3,(H2,26,32)(H,29,33)/t26-;23-,24?;20-/m111/s1. The van der Waals surface area contributed by atoms with E-state index in [0.717, 1.165) is 60.6 Å². The number of ketones is 1. The van der Waals surface area contributed by atoms with E-state index >= 15 is 0 Å². The number of amides is 8. The zero-order valence-electron chi connectivity index (χ0n) is 66.6. The molecule has 6 aromatic heterocycles. The molecule has 4 aromatic carbocycles. The van der Waals surface area contributed by atoms with Crippen molar-refractivity contribution in [3.05, 3.63) is 240 Å². The Morgan fingerprint density at radius 3 is 1.18 bits per heavy atom. The Labute approximate surface area is 672 Å². The van der Waals surface area contributed by atoms with Crippen molar-refractivity contribution in [2.75, 3.05) is 53.6 Å². The minimum absolute atomic E-state index is 0.0332. The van der Waals surface area contributed by atoms with Crippen molar-refractivity contribution in [2.45, 2.75) is 142 Å². The van der Waals surface area contributed by atoms with E-state index in [1.54, 1.807) is 87.1 Å². The zero-order valence-corrected chi connectivity index (χ0v) is 66.6. The Hall–Kier alpha value is -12.5. The summed E-state index contributed by atoms with van der Waals surface area (Å²) in [5, 5.41) is 8.87. The van der Waals surface area contributed by atoms with Gasteiger partial charge in [0, 0.05) is 20.6 Å². The summed E-state index contributed by atoms with van der Waals surface area (Å²) < 4.78 is 40.0.